The van der Waals surface area contributed by atoms with Crippen molar-refractivity contribution in [1.82, 2.24) is 4.90 Å². The molecular formula is C20H28BrN. The van der Waals surface area contributed by atoms with E-state index in [0.717, 1.165) is 16.4 Å². The number of likely N-dealkylation sites (tertiary alicyclic amines) is 1. The minimum Gasteiger partial charge on any atom is -0.374 e. The topological polar surface area (TPSA) is 3.24 Å². The molecule has 1 aliphatic heterocycles. The minimum absolute atomic E-state index is 0.783. The van der Waals surface area contributed by atoms with Crippen LogP contribution in [0.3, 0.4) is 0 Å². The quantitative estimate of drug-likeness (QED) is 0.612. The molecule has 0 aromatic heterocycles. The highest BCUT2D eigenvalue weighted by Gasteiger charge is 2.26. The maximum absolute atomic E-state index is 3.58. The average Bonchev–Trinajstić information content (AvgIpc) is 2.95. The lowest BCUT2D eigenvalue weighted by Crippen LogP contribution is -2.27. The van der Waals surface area contributed by atoms with Crippen molar-refractivity contribution in [3.8, 4) is 0 Å². The van der Waals surface area contributed by atoms with E-state index in [1.807, 2.05) is 0 Å². The number of rotatable bonds is 4. The largest absolute Gasteiger partial charge is 0.374 e. The summed E-state index contributed by atoms with van der Waals surface area (Å²) in [5.74, 6) is 0.985. The van der Waals surface area contributed by atoms with Crippen LogP contribution in [0.5, 0.6) is 0 Å². The third-order valence-electron chi connectivity index (χ3n) is 5.39. The third kappa shape index (κ3) is 4.16. The fourth-order valence-electron chi connectivity index (χ4n) is 4.15. The molecule has 0 radical (unpaired) electrons. The SMILES string of the molecule is C/C(=C/N1CCCC1CC1CCCCC1)c1cccc(Br)c1. The lowest BCUT2D eigenvalue weighted by Gasteiger charge is -2.30. The van der Waals surface area contributed by atoms with Crippen LogP contribution in [0.25, 0.3) is 5.57 Å². The Hall–Kier alpha value is -0.760. The first-order chi connectivity index (χ1) is 10.7. The molecule has 1 saturated heterocycles. The van der Waals surface area contributed by atoms with Gasteiger partial charge in [0.05, 0.1) is 0 Å². The van der Waals surface area contributed by atoms with E-state index in [2.05, 4.69) is 58.2 Å². The minimum atomic E-state index is 0.783. The third-order valence-corrected chi connectivity index (χ3v) is 5.89. The molecule has 1 aliphatic carbocycles. The number of benzene rings is 1. The first-order valence-corrected chi connectivity index (χ1v) is 9.72. The van der Waals surface area contributed by atoms with Gasteiger partial charge in [0.1, 0.15) is 0 Å². The summed E-state index contributed by atoms with van der Waals surface area (Å²) in [6, 6.07) is 9.43. The summed E-state index contributed by atoms with van der Waals surface area (Å²) < 4.78 is 1.16. The van der Waals surface area contributed by atoms with Crippen LogP contribution in [-0.2, 0) is 0 Å². The molecule has 1 heterocycles. The van der Waals surface area contributed by atoms with Crippen LogP contribution < -0.4 is 0 Å². The van der Waals surface area contributed by atoms with Crippen molar-refractivity contribution < 1.29 is 0 Å². The standard InChI is InChI=1S/C20H28BrN/c1-16(18-9-5-10-19(21)14-18)15-22-12-6-11-20(22)13-17-7-3-2-4-8-17/h5,9-10,14-15,17,20H,2-4,6-8,11-13H2,1H3/b16-15-. The molecule has 120 valence electrons. The summed E-state index contributed by atoms with van der Waals surface area (Å²) in [5, 5.41) is 0. The Morgan fingerprint density at radius 3 is 2.77 bits per heavy atom. The molecule has 2 heteroatoms. The number of allylic oxidation sites excluding steroid dienone is 1. The summed E-state index contributed by atoms with van der Waals surface area (Å²) in [6.45, 7) is 3.49. The van der Waals surface area contributed by atoms with Gasteiger partial charge < -0.3 is 4.90 Å². The van der Waals surface area contributed by atoms with E-state index in [1.54, 1.807) is 0 Å². The summed E-state index contributed by atoms with van der Waals surface area (Å²) in [5.41, 5.74) is 2.72. The molecule has 2 aliphatic rings. The van der Waals surface area contributed by atoms with E-state index in [1.165, 1.54) is 69.0 Å². The lowest BCUT2D eigenvalue weighted by molar-refractivity contribution is 0.247. The van der Waals surface area contributed by atoms with E-state index in [-0.39, 0.29) is 0 Å². The van der Waals surface area contributed by atoms with Gasteiger partial charge in [-0.1, -0.05) is 60.2 Å². The van der Waals surface area contributed by atoms with Gasteiger partial charge >= 0.3 is 0 Å². The molecule has 1 unspecified atom stereocenters. The molecule has 0 bridgehead atoms. The van der Waals surface area contributed by atoms with Crippen LogP contribution >= 0.6 is 15.9 Å². The van der Waals surface area contributed by atoms with Crippen molar-refractivity contribution in [2.24, 2.45) is 5.92 Å². The van der Waals surface area contributed by atoms with Crippen molar-refractivity contribution in [3.05, 3.63) is 40.5 Å². The highest BCUT2D eigenvalue weighted by atomic mass is 79.9. The van der Waals surface area contributed by atoms with E-state index in [0.29, 0.717) is 0 Å². The fraction of sp³-hybridized carbons (Fsp3) is 0.600. The van der Waals surface area contributed by atoms with E-state index < -0.39 is 0 Å². The maximum atomic E-state index is 3.58. The normalized spacial score (nSPS) is 24.0. The number of hydrogen-bond donors (Lipinski definition) is 0. The summed E-state index contributed by atoms with van der Waals surface area (Å²) in [6.07, 6.45) is 13.9. The van der Waals surface area contributed by atoms with Gasteiger partial charge in [-0.2, -0.15) is 0 Å². The van der Waals surface area contributed by atoms with Crippen LogP contribution in [0.4, 0.5) is 0 Å². The molecule has 0 spiro atoms. The maximum Gasteiger partial charge on any atom is 0.0287 e. The summed E-state index contributed by atoms with van der Waals surface area (Å²) in [7, 11) is 0. The van der Waals surface area contributed by atoms with Gasteiger partial charge in [-0.15, -0.1) is 0 Å². The lowest BCUT2D eigenvalue weighted by atomic mass is 9.84. The molecule has 1 atom stereocenters. The monoisotopic (exact) mass is 361 g/mol. The Labute approximate surface area is 143 Å². The van der Waals surface area contributed by atoms with Crippen LogP contribution in [0, 0.1) is 5.92 Å². The van der Waals surface area contributed by atoms with E-state index in [9.17, 15) is 0 Å². The Balaban J connectivity index is 1.65. The van der Waals surface area contributed by atoms with Crippen LogP contribution in [-0.4, -0.2) is 17.5 Å². The zero-order chi connectivity index (χ0) is 15.4. The van der Waals surface area contributed by atoms with Crippen LogP contribution in [0.2, 0.25) is 0 Å². The molecule has 1 aromatic rings. The predicted octanol–water partition coefficient (Wildman–Crippen LogP) is 6.24. The van der Waals surface area contributed by atoms with Crippen molar-refractivity contribution in [1.29, 1.82) is 0 Å². The summed E-state index contributed by atoms with van der Waals surface area (Å²) >= 11 is 3.58. The highest BCUT2D eigenvalue weighted by molar-refractivity contribution is 9.10. The fourth-order valence-corrected chi connectivity index (χ4v) is 4.54. The summed E-state index contributed by atoms with van der Waals surface area (Å²) in [4.78, 5) is 2.63. The first-order valence-electron chi connectivity index (χ1n) is 8.92. The highest BCUT2D eigenvalue weighted by Crippen LogP contribution is 2.33. The Morgan fingerprint density at radius 2 is 2.00 bits per heavy atom. The Kier molecular flexibility index (Phi) is 5.62. The zero-order valence-electron chi connectivity index (χ0n) is 13.7. The number of nitrogens with zero attached hydrogens (tertiary/aromatic N) is 1. The molecule has 0 amide bonds. The molecule has 3 rings (SSSR count). The number of hydrogen-bond acceptors (Lipinski definition) is 1. The molecule has 1 nitrogen and oxygen atoms in total. The van der Waals surface area contributed by atoms with Gasteiger partial charge in [0, 0.05) is 23.3 Å². The molecular weight excluding hydrogens is 334 g/mol. The molecule has 1 aromatic carbocycles. The van der Waals surface area contributed by atoms with Gasteiger partial charge in [-0.05, 0) is 55.4 Å². The Bertz CT molecular complexity index is 516. The van der Waals surface area contributed by atoms with Crippen molar-refractivity contribution in [2.45, 2.75) is 64.3 Å². The van der Waals surface area contributed by atoms with Crippen LogP contribution in [0.15, 0.2) is 34.9 Å². The second kappa shape index (κ2) is 7.68. The van der Waals surface area contributed by atoms with Gasteiger partial charge in [-0.3, -0.25) is 0 Å². The van der Waals surface area contributed by atoms with Gasteiger partial charge in [-0.25, -0.2) is 0 Å². The van der Waals surface area contributed by atoms with Crippen molar-refractivity contribution in [3.63, 3.8) is 0 Å². The zero-order valence-corrected chi connectivity index (χ0v) is 15.3. The number of halogens is 1. The second-order valence-electron chi connectivity index (χ2n) is 7.10. The van der Waals surface area contributed by atoms with Gasteiger partial charge in [0.2, 0.25) is 0 Å². The smallest absolute Gasteiger partial charge is 0.0287 e. The predicted molar refractivity (Wildman–Crippen MR) is 98.7 cm³/mol. The van der Waals surface area contributed by atoms with Gasteiger partial charge in [0.15, 0.2) is 0 Å². The van der Waals surface area contributed by atoms with Crippen molar-refractivity contribution >= 4 is 21.5 Å². The van der Waals surface area contributed by atoms with E-state index in [4.69, 9.17) is 0 Å². The van der Waals surface area contributed by atoms with Gasteiger partial charge in [0.25, 0.3) is 0 Å². The average molecular weight is 362 g/mol. The first kappa shape index (κ1) is 16.1. The van der Waals surface area contributed by atoms with E-state index >= 15 is 0 Å². The molecule has 2 fully saturated rings. The van der Waals surface area contributed by atoms with Crippen molar-refractivity contribution in [2.75, 3.05) is 6.54 Å². The second-order valence-corrected chi connectivity index (χ2v) is 8.01. The molecule has 22 heavy (non-hydrogen) atoms. The Morgan fingerprint density at radius 1 is 1.18 bits per heavy atom. The molecule has 0 N–H and O–H groups in total. The van der Waals surface area contributed by atoms with Crippen LogP contribution in [0.1, 0.15) is 63.9 Å². The molecule has 1 saturated carbocycles.